The Hall–Kier alpha value is -0.670. The molecule has 1 fully saturated rings. The summed E-state index contributed by atoms with van der Waals surface area (Å²) < 4.78 is 0. The fourth-order valence-corrected chi connectivity index (χ4v) is 3.29. The van der Waals surface area contributed by atoms with E-state index >= 15 is 0 Å². The van der Waals surface area contributed by atoms with Crippen molar-refractivity contribution in [3.8, 4) is 0 Å². The van der Waals surface area contributed by atoms with Crippen LogP contribution >= 0.6 is 11.8 Å². The molecule has 3 heteroatoms. The van der Waals surface area contributed by atoms with Crippen LogP contribution in [-0.4, -0.2) is 16.5 Å². The third kappa shape index (κ3) is 3.16. The maximum atomic E-state index is 10.3. The van der Waals surface area contributed by atoms with Gasteiger partial charge in [0.15, 0.2) is 0 Å². The molecule has 0 aromatic heterocycles. The zero-order valence-electron chi connectivity index (χ0n) is 9.48. The number of benzene rings is 1. The largest absolute Gasteiger partial charge is 0.399 e. The van der Waals surface area contributed by atoms with E-state index in [4.69, 9.17) is 5.73 Å². The second-order valence-corrected chi connectivity index (χ2v) is 5.69. The maximum absolute atomic E-state index is 10.3. The van der Waals surface area contributed by atoms with E-state index in [1.807, 2.05) is 24.3 Å². The first-order valence-electron chi connectivity index (χ1n) is 5.89. The zero-order chi connectivity index (χ0) is 11.4. The Labute approximate surface area is 101 Å². The Morgan fingerprint density at radius 1 is 1.25 bits per heavy atom. The zero-order valence-corrected chi connectivity index (χ0v) is 10.3. The van der Waals surface area contributed by atoms with Gasteiger partial charge in [-0.25, -0.2) is 0 Å². The van der Waals surface area contributed by atoms with Gasteiger partial charge in [-0.05, 0) is 31.0 Å². The molecule has 1 aromatic rings. The van der Waals surface area contributed by atoms with Crippen molar-refractivity contribution in [1.29, 1.82) is 0 Å². The van der Waals surface area contributed by atoms with Gasteiger partial charge >= 0.3 is 0 Å². The molecule has 0 radical (unpaired) electrons. The second kappa shape index (κ2) is 5.11. The molecule has 0 bridgehead atoms. The van der Waals surface area contributed by atoms with Crippen LogP contribution in [0.15, 0.2) is 29.2 Å². The summed E-state index contributed by atoms with van der Waals surface area (Å²) in [7, 11) is 0. The lowest BCUT2D eigenvalue weighted by Crippen LogP contribution is -2.33. The SMILES string of the molecule is Nc1cccc(SCC2(O)CCCCC2)c1. The van der Waals surface area contributed by atoms with Gasteiger partial charge in [0.1, 0.15) is 0 Å². The van der Waals surface area contributed by atoms with E-state index in [0.29, 0.717) is 0 Å². The Balaban J connectivity index is 1.91. The Morgan fingerprint density at radius 3 is 2.69 bits per heavy atom. The van der Waals surface area contributed by atoms with E-state index in [-0.39, 0.29) is 0 Å². The fourth-order valence-electron chi connectivity index (χ4n) is 2.18. The number of rotatable bonds is 3. The highest BCUT2D eigenvalue weighted by Crippen LogP contribution is 2.33. The van der Waals surface area contributed by atoms with Crippen LogP contribution in [0.5, 0.6) is 0 Å². The molecule has 0 atom stereocenters. The smallest absolute Gasteiger partial charge is 0.0741 e. The molecule has 1 aliphatic carbocycles. The third-order valence-corrected chi connectivity index (χ3v) is 4.42. The van der Waals surface area contributed by atoms with Crippen molar-refractivity contribution in [3.63, 3.8) is 0 Å². The average molecular weight is 237 g/mol. The lowest BCUT2D eigenvalue weighted by molar-refractivity contribution is 0.0273. The van der Waals surface area contributed by atoms with Gasteiger partial charge in [0.2, 0.25) is 0 Å². The minimum Gasteiger partial charge on any atom is -0.399 e. The van der Waals surface area contributed by atoms with Crippen LogP contribution in [0, 0.1) is 0 Å². The molecule has 1 saturated carbocycles. The number of nitrogens with two attached hydrogens (primary N) is 1. The summed E-state index contributed by atoms with van der Waals surface area (Å²) in [6, 6.07) is 7.87. The molecule has 0 saturated heterocycles. The Bertz CT molecular complexity index is 348. The first-order valence-corrected chi connectivity index (χ1v) is 6.87. The first kappa shape index (κ1) is 11.8. The van der Waals surface area contributed by atoms with Gasteiger partial charge in [-0.1, -0.05) is 25.3 Å². The summed E-state index contributed by atoms with van der Waals surface area (Å²) >= 11 is 1.71. The molecule has 0 aliphatic heterocycles. The fraction of sp³-hybridized carbons (Fsp3) is 0.538. The molecule has 0 spiro atoms. The first-order chi connectivity index (χ1) is 7.68. The maximum Gasteiger partial charge on any atom is 0.0741 e. The molecule has 3 N–H and O–H groups in total. The van der Waals surface area contributed by atoms with E-state index in [1.165, 1.54) is 6.42 Å². The summed E-state index contributed by atoms with van der Waals surface area (Å²) in [6.45, 7) is 0. The van der Waals surface area contributed by atoms with Gasteiger partial charge < -0.3 is 10.8 Å². The van der Waals surface area contributed by atoms with Crippen LogP contribution < -0.4 is 5.73 Å². The van der Waals surface area contributed by atoms with Crippen molar-refractivity contribution in [2.24, 2.45) is 0 Å². The van der Waals surface area contributed by atoms with Crippen molar-refractivity contribution in [2.75, 3.05) is 11.5 Å². The van der Waals surface area contributed by atoms with E-state index in [0.717, 1.165) is 42.0 Å². The van der Waals surface area contributed by atoms with Crippen LogP contribution in [0.3, 0.4) is 0 Å². The highest BCUT2D eigenvalue weighted by molar-refractivity contribution is 7.99. The highest BCUT2D eigenvalue weighted by atomic mass is 32.2. The predicted molar refractivity (Wildman–Crippen MR) is 69.6 cm³/mol. The molecular weight excluding hydrogens is 218 g/mol. The van der Waals surface area contributed by atoms with Crippen LogP contribution in [0.2, 0.25) is 0 Å². The van der Waals surface area contributed by atoms with Crippen LogP contribution in [0.4, 0.5) is 5.69 Å². The van der Waals surface area contributed by atoms with E-state index in [1.54, 1.807) is 11.8 Å². The van der Waals surface area contributed by atoms with Crippen molar-refractivity contribution in [2.45, 2.75) is 42.6 Å². The molecule has 0 heterocycles. The second-order valence-electron chi connectivity index (χ2n) is 4.65. The minimum atomic E-state index is -0.451. The van der Waals surface area contributed by atoms with Gasteiger partial charge in [0.25, 0.3) is 0 Å². The summed E-state index contributed by atoms with van der Waals surface area (Å²) in [5.41, 5.74) is 6.07. The highest BCUT2D eigenvalue weighted by Gasteiger charge is 2.28. The lowest BCUT2D eigenvalue weighted by atomic mass is 9.86. The van der Waals surface area contributed by atoms with E-state index in [9.17, 15) is 5.11 Å². The van der Waals surface area contributed by atoms with Crippen molar-refractivity contribution >= 4 is 17.4 Å². The summed E-state index contributed by atoms with van der Waals surface area (Å²) in [5.74, 6) is 0.788. The molecule has 1 aromatic carbocycles. The van der Waals surface area contributed by atoms with Crippen molar-refractivity contribution < 1.29 is 5.11 Å². The van der Waals surface area contributed by atoms with Gasteiger partial charge in [0.05, 0.1) is 5.60 Å². The summed E-state index contributed by atoms with van der Waals surface area (Å²) in [6.07, 6.45) is 5.48. The minimum absolute atomic E-state index is 0.451. The molecule has 1 aliphatic rings. The summed E-state index contributed by atoms with van der Waals surface area (Å²) in [5, 5.41) is 10.3. The van der Waals surface area contributed by atoms with Crippen LogP contribution in [0.1, 0.15) is 32.1 Å². The number of hydrogen-bond acceptors (Lipinski definition) is 3. The van der Waals surface area contributed by atoms with Gasteiger partial charge in [-0.2, -0.15) is 0 Å². The standard InChI is InChI=1S/C13H19NOS/c14-11-5-4-6-12(9-11)16-10-13(15)7-2-1-3-8-13/h4-6,9,15H,1-3,7-8,10,14H2. The number of anilines is 1. The monoisotopic (exact) mass is 237 g/mol. The predicted octanol–water partition coefficient (Wildman–Crippen LogP) is 3.06. The number of hydrogen-bond donors (Lipinski definition) is 2. The average Bonchev–Trinajstić information content (AvgIpc) is 2.28. The number of aliphatic hydroxyl groups is 1. The van der Waals surface area contributed by atoms with Crippen molar-refractivity contribution in [3.05, 3.63) is 24.3 Å². The third-order valence-electron chi connectivity index (χ3n) is 3.15. The van der Waals surface area contributed by atoms with Gasteiger partial charge in [0, 0.05) is 16.3 Å². The molecular formula is C13H19NOS. The normalized spacial score (nSPS) is 19.6. The van der Waals surface area contributed by atoms with Crippen molar-refractivity contribution in [1.82, 2.24) is 0 Å². The number of nitrogen functional groups attached to an aromatic ring is 1. The van der Waals surface area contributed by atoms with E-state index in [2.05, 4.69) is 0 Å². The molecule has 2 nitrogen and oxygen atoms in total. The topological polar surface area (TPSA) is 46.2 Å². The molecule has 88 valence electrons. The Morgan fingerprint density at radius 2 is 2.00 bits per heavy atom. The van der Waals surface area contributed by atoms with E-state index < -0.39 is 5.60 Å². The van der Waals surface area contributed by atoms with Gasteiger partial charge in [-0.15, -0.1) is 11.8 Å². The van der Waals surface area contributed by atoms with Crippen LogP contribution in [0.25, 0.3) is 0 Å². The number of thioether (sulfide) groups is 1. The Kier molecular flexibility index (Phi) is 3.77. The summed E-state index contributed by atoms with van der Waals surface area (Å²) in [4.78, 5) is 1.15. The quantitative estimate of drug-likeness (QED) is 0.627. The lowest BCUT2D eigenvalue weighted by Gasteiger charge is -2.31. The molecule has 0 amide bonds. The molecule has 2 rings (SSSR count). The molecule has 16 heavy (non-hydrogen) atoms. The molecule has 0 unspecified atom stereocenters. The van der Waals surface area contributed by atoms with Crippen LogP contribution in [-0.2, 0) is 0 Å². The van der Waals surface area contributed by atoms with Gasteiger partial charge in [-0.3, -0.25) is 0 Å².